The molecule has 0 aliphatic rings. The molecule has 0 radical (unpaired) electrons. The van der Waals surface area contributed by atoms with E-state index in [-0.39, 0.29) is 0 Å². The maximum Gasteiger partial charge on any atom is 0.184 e. The van der Waals surface area contributed by atoms with Gasteiger partial charge in [-0.3, -0.25) is 0 Å². The van der Waals surface area contributed by atoms with Crippen molar-refractivity contribution in [2.45, 2.75) is 27.2 Å². The summed E-state index contributed by atoms with van der Waals surface area (Å²) < 4.78 is 7.26. The third kappa shape index (κ3) is 4.98. The van der Waals surface area contributed by atoms with Gasteiger partial charge in [-0.1, -0.05) is 26.3 Å². The standard InChI is InChI=1S/C13H19Br2NO/c1-4-5-16-8-10(9(2)3)6-11-7-12(14)13(15)17-11/h6-7,9,16H,4-5,8H2,1-3H3. The van der Waals surface area contributed by atoms with Crippen molar-refractivity contribution < 1.29 is 4.42 Å². The number of furan rings is 1. The quantitative estimate of drug-likeness (QED) is 0.730. The largest absolute Gasteiger partial charge is 0.449 e. The van der Waals surface area contributed by atoms with Gasteiger partial charge in [-0.2, -0.15) is 0 Å². The minimum atomic E-state index is 0.516. The van der Waals surface area contributed by atoms with Gasteiger partial charge in [0.15, 0.2) is 4.67 Å². The van der Waals surface area contributed by atoms with Gasteiger partial charge in [-0.15, -0.1) is 0 Å². The highest BCUT2D eigenvalue weighted by Crippen LogP contribution is 2.28. The summed E-state index contributed by atoms with van der Waals surface area (Å²) in [6.07, 6.45) is 3.27. The smallest absolute Gasteiger partial charge is 0.184 e. The van der Waals surface area contributed by atoms with Gasteiger partial charge in [-0.25, -0.2) is 0 Å². The van der Waals surface area contributed by atoms with Crippen molar-refractivity contribution in [2.24, 2.45) is 5.92 Å². The average Bonchev–Trinajstić information content (AvgIpc) is 2.57. The minimum Gasteiger partial charge on any atom is -0.449 e. The molecule has 0 amide bonds. The van der Waals surface area contributed by atoms with Crippen LogP contribution in [-0.4, -0.2) is 13.1 Å². The van der Waals surface area contributed by atoms with E-state index in [2.05, 4.69) is 64.0 Å². The van der Waals surface area contributed by atoms with E-state index in [4.69, 9.17) is 4.42 Å². The Bertz CT molecular complexity index is 363. The van der Waals surface area contributed by atoms with Crippen molar-refractivity contribution in [1.29, 1.82) is 0 Å². The second kappa shape index (κ2) is 7.39. The first-order valence-electron chi connectivity index (χ1n) is 5.90. The summed E-state index contributed by atoms with van der Waals surface area (Å²) in [5.41, 5.74) is 1.35. The molecular formula is C13H19Br2NO. The van der Waals surface area contributed by atoms with E-state index < -0.39 is 0 Å². The van der Waals surface area contributed by atoms with Gasteiger partial charge >= 0.3 is 0 Å². The molecule has 0 bridgehead atoms. The highest BCUT2D eigenvalue weighted by Gasteiger charge is 2.07. The highest BCUT2D eigenvalue weighted by atomic mass is 79.9. The fraction of sp³-hybridized carbons (Fsp3) is 0.538. The van der Waals surface area contributed by atoms with E-state index in [1.807, 2.05) is 6.07 Å². The third-order valence-corrected chi connectivity index (χ3v) is 4.20. The molecule has 0 spiro atoms. The molecule has 1 aromatic heterocycles. The molecule has 0 aliphatic carbocycles. The Balaban J connectivity index is 2.75. The first-order chi connectivity index (χ1) is 8.04. The van der Waals surface area contributed by atoms with Crippen LogP contribution in [0.5, 0.6) is 0 Å². The van der Waals surface area contributed by atoms with Crippen LogP contribution in [0, 0.1) is 5.92 Å². The van der Waals surface area contributed by atoms with Crippen molar-refractivity contribution in [2.75, 3.05) is 13.1 Å². The average molecular weight is 365 g/mol. The van der Waals surface area contributed by atoms with Crippen LogP contribution in [0.15, 0.2) is 25.2 Å². The Hall–Kier alpha value is -0.0600. The number of halogens is 2. The zero-order chi connectivity index (χ0) is 12.8. The molecule has 0 atom stereocenters. The maximum absolute atomic E-state index is 5.57. The fourth-order valence-corrected chi connectivity index (χ4v) is 2.06. The molecule has 0 fully saturated rings. The van der Waals surface area contributed by atoms with E-state index in [1.54, 1.807) is 0 Å². The van der Waals surface area contributed by atoms with E-state index in [1.165, 1.54) is 5.57 Å². The molecule has 0 saturated heterocycles. The lowest BCUT2D eigenvalue weighted by atomic mass is 10.0. The van der Waals surface area contributed by atoms with Crippen LogP contribution in [0.4, 0.5) is 0 Å². The molecule has 0 aliphatic heterocycles. The molecule has 2 nitrogen and oxygen atoms in total. The summed E-state index contributed by atoms with van der Waals surface area (Å²) in [6, 6.07) is 1.98. The lowest BCUT2D eigenvalue weighted by Crippen LogP contribution is -2.19. The summed E-state index contributed by atoms with van der Waals surface area (Å²) >= 11 is 6.77. The molecule has 1 heterocycles. The minimum absolute atomic E-state index is 0.516. The van der Waals surface area contributed by atoms with Crippen LogP contribution >= 0.6 is 31.9 Å². The van der Waals surface area contributed by atoms with E-state index in [0.29, 0.717) is 5.92 Å². The Kier molecular flexibility index (Phi) is 6.52. The summed E-state index contributed by atoms with van der Waals surface area (Å²) in [6.45, 7) is 8.54. The predicted molar refractivity (Wildman–Crippen MR) is 80.1 cm³/mol. The van der Waals surface area contributed by atoms with Gasteiger partial charge < -0.3 is 9.73 Å². The highest BCUT2D eigenvalue weighted by molar-refractivity contribution is 9.13. The van der Waals surface area contributed by atoms with Gasteiger partial charge in [0.25, 0.3) is 0 Å². The number of hydrogen-bond acceptors (Lipinski definition) is 2. The molecule has 0 unspecified atom stereocenters. The van der Waals surface area contributed by atoms with E-state index in [0.717, 1.165) is 34.4 Å². The third-order valence-electron chi connectivity index (χ3n) is 2.49. The molecular weight excluding hydrogens is 346 g/mol. The summed E-state index contributed by atoms with van der Waals surface area (Å²) in [4.78, 5) is 0. The SMILES string of the molecule is CCCNCC(=Cc1cc(Br)c(Br)o1)C(C)C. The zero-order valence-electron chi connectivity index (χ0n) is 10.5. The summed E-state index contributed by atoms with van der Waals surface area (Å²) in [5, 5.41) is 3.42. The molecule has 0 aromatic carbocycles. The Morgan fingerprint density at radius 1 is 1.47 bits per heavy atom. The molecule has 1 rings (SSSR count). The second-order valence-electron chi connectivity index (χ2n) is 4.32. The van der Waals surface area contributed by atoms with Crippen LogP contribution < -0.4 is 5.32 Å². The Morgan fingerprint density at radius 3 is 2.65 bits per heavy atom. The zero-order valence-corrected chi connectivity index (χ0v) is 13.7. The normalized spacial score (nSPS) is 12.5. The first kappa shape index (κ1) is 15.0. The predicted octanol–water partition coefficient (Wildman–Crippen LogP) is 4.84. The fourth-order valence-electron chi connectivity index (χ4n) is 1.45. The van der Waals surface area contributed by atoms with Gasteiger partial charge in [-0.05, 0) is 62.9 Å². The van der Waals surface area contributed by atoms with Gasteiger partial charge in [0.1, 0.15) is 5.76 Å². The van der Waals surface area contributed by atoms with Crippen molar-refractivity contribution in [1.82, 2.24) is 5.32 Å². The molecule has 17 heavy (non-hydrogen) atoms. The summed E-state index contributed by atoms with van der Waals surface area (Å²) in [7, 11) is 0. The van der Waals surface area contributed by atoms with Crippen molar-refractivity contribution in [3.63, 3.8) is 0 Å². The molecule has 4 heteroatoms. The summed E-state index contributed by atoms with van der Waals surface area (Å²) in [5.74, 6) is 1.40. The van der Waals surface area contributed by atoms with Crippen LogP contribution in [0.25, 0.3) is 6.08 Å². The Labute approximate surface area is 120 Å². The molecule has 96 valence electrons. The number of rotatable bonds is 6. The van der Waals surface area contributed by atoms with Gasteiger partial charge in [0.2, 0.25) is 0 Å². The second-order valence-corrected chi connectivity index (χ2v) is 5.90. The molecule has 0 saturated carbocycles. The lowest BCUT2D eigenvalue weighted by molar-refractivity contribution is 0.528. The monoisotopic (exact) mass is 363 g/mol. The van der Waals surface area contributed by atoms with Crippen LogP contribution in [-0.2, 0) is 0 Å². The van der Waals surface area contributed by atoms with Crippen LogP contribution in [0.3, 0.4) is 0 Å². The topological polar surface area (TPSA) is 25.2 Å². The van der Waals surface area contributed by atoms with Crippen molar-refractivity contribution in [3.05, 3.63) is 26.5 Å². The maximum atomic E-state index is 5.57. The number of nitrogens with one attached hydrogen (secondary N) is 1. The Morgan fingerprint density at radius 2 is 2.18 bits per heavy atom. The first-order valence-corrected chi connectivity index (χ1v) is 7.49. The van der Waals surface area contributed by atoms with E-state index >= 15 is 0 Å². The molecule has 1 N–H and O–H groups in total. The number of hydrogen-bond donors (Lipinski definition) is 1. The van der Waals surface area contributed by atoms with E-state index in [9.17, 15) is 0 Å². The van der Waals surface area contributed by atoms with Crippen LogP contribution in [0.2, 0.25) is 0 Å². The van der Waals surface area contributed by atoms with Crippen molar-refractivity contribution >= 4 is 37.9 Å². The lowest BCUT2D eigenvalue weighted by Gasteiger charge is -2.11. The van der Waals surface area contributed by atoms with Gasteiger partial charge in [0.05, 0.1) is 4.47 Å². The van der Waals surface area contributed by atoms with Crippen LogP contribution in [0.1, 0.15) is 33.0 Å². The molecule has 1 aromatic rings. The van der Waals surface area contributed by atoms with Crippen molar-refractivity contribution in [3.8, 4) is 0 Å². The van der Waals surface area contributed by atoms with Gasteiger partial charge in [0, 0.05) is 6.54 Å².